The van der Waals surface area contributed by atoms with Gasteiger partial charge in [0.05, 0.1) is 33.9 Å². The highest BCUT2D eigenvalue weighted by atomic mass is 32.2. The molecule has 0 unspecified atom stereocenters. The molecule has 3 aromatic heterocycles. The second-order valence-electron chi connectivity index (χ2n) is 12.4. The lowest BCUT2D eigenvalue weighted by Gasteiger charge is -2.35. The van der Waals surface area contributed by atoms with Crippen LogP contribution in [-0.4, -0.2) is 72.5 Å². The van der Waals surface area contributed by atoms with Crippen molar-refractivity contribution >= 4 is 50.7 Å². The summed E-state index contributed by atoms with van der Waals surface area (Å²) in [6, 6.07) is 13.7. The van der Waals surface area contributed by atoms with Crippen LogP contribution in [0.25, 0.3) is 5.69 Å². The second-order valence-corrected chi connectivity index (χ2v) is 14.9. The topological polar surface area (TPSA) is 130 Å². The van der Waals surface area contributed by atoms with Crippen LogP contribution >= 0.6 is 11.3 Å². The number of pyridine rings is 1. The number of urea groups is 1. The Labute approximate surface area is 273 Å². The third-order valence-corrected chi connectivity index (χ3v) is 9.02. The van der Waals surface area contributed by atoms with E-state index in [1.54, 1.807) is 25.1 Å². The minimum Gasteiger partial charge on any atom is -0.353 e. The molecule has 0 radical (unpaired) electrons. The van der Waals surface area contributed by atoms with E-state index in [0.29, 0.717) is 59.8 Å². The van der Waals surface area contributed by atoms with Gasteiger partial charge in [0, 0.05) is 37.7 Å². The summed E-state index contributed by atoms with van der Waals surface area (Å²) in [5.41, 5.74) is 3.78. The number of piperazine rings is 1. The molecule has 0 saturated carbocycles. The van der Waals surface area contributed by atoms with Gasteiger partial charge in [-0.05, 0) is 62.0 Å². The van der Waals surface area contributed by atoms with Crippen LogP contribution in [0.4, 0.5) is 22.1 Å². The number of aryl methyl sites for hydroxylation is 3. The highest BCUT2D eigenvalue weighted by molar-refractivity contribution is 7.86. The number of rotatable bonds is 7. The largest absolute Gasteiger partial charge is 0.353 e. The average Bonchev–Trinajstić information content (AvgIpc) is 3.63. The van der Waals surface area contributed by atoms with E-state index >= 15 is 0 Å². The number of amides is 3. The van der Waals surface area contributed by atoms with E-state index < -0.39 is 21.6 Å². The SMILES string of the molecule is Cc1ccc(-n2nc(C(C)(C)C)cc2N(OS(C)(=O)=O)C(=O)Nc2ccc(N3CCN(C(=O)c4sccc4C)CC3)nc2C)cc1. The Morgan fingerprint density at radius 2 is 1.65 bits per heavy atom. The zero-order chi connectivity index (χ0) is 33.4. The first kappa shape index (κ1) is 33.1. The van der Waals surface area contributed by atoms with Gasteiger partial charge in [-0.1, -0.05) is 38.5 Å². The summed E-state index contributed by atoms with van der Waals surface area (Å²) in [7, 11) is -4.13. The fourth-order valence-corrected chi connectivity index (χ4v) is 6.27. The van der Waals surface area contributed by atoms with Crippen LogP contribution in [0.5, 0.6) is 0 Å². The van der Waals surface area contributed by atoms with Gasteiger partial charge in [0.2, 0.25) is 0 Å². The molecular weight excluding hydrogens is 627 g/mol. The Morgan fingerprint density at radius 1 is 0.978 bits per heavy atom. The standard InChI is InChI=1S/C32H39N7O5S2/c1-21-8-10-24(11-9-21)38-28(20-26(35-38)32(4,5)6)39(44-46(7,42)43)31(41)34-25-12-13-27(33-23(25)3)36-15-17-37(18-16-36)30(40)29-22(2)14-19-45-29/h8-14,19-20H,15-18H2,1-7H3,(H,34,41). The average molecular weight is 666 g/mol. The van der Waals surface area contributed by atoms with Gasteiger partial charge in [0.15, 0.2) is 5.82 Å². The summed E-state index contributed by atoms with van der Waals surface area (Å²) < 4.78 is 31.5. The van der Waals surface area contributed by atoms with E-state index in [0.717, 1.165) is 22.3 Å². The third-order valence-electron chi connectivity index (χ3n) is 7.60. The Morgan fingerprint density at radius 3 is 2.22 bits per heavy atom. The number of carbonyl (C=O) groups excluding carboxylic acids is 2. The maximum atomic E-state index is 13.8. The molecule has 0 spiro atoms. The molecule has 4 heterocycles. The molecule has 244 valence electrons. The van der Waals surface area contributed by atoms with E-state index in [4.69, 9.17) is 14.4 Å². The Bertz CT molecular complexity index is 1850. The molecule has 0 atom stereocenters. The number of carbonyl (C=O) groups is 2. The molecule has 12 nitrogen and oxygen atoms in total. The lowest BCUT2D eigenvalue weighted by molar-refractivity contribution is 0.0750. The quantitative estimate of drug-likeness (QED) is 0.258. The zero-order valence-electron chi connectivity index (χ0n) is 27.1. The third kappa shape index (κ3) is 7.40. The minimum atomic E-state index is -4.13. The number of aromatic nitrogens is 3. The first-order valence-electron chi connectivity index (χ1n) is 14.8. The Hall–Kier alpha value is -4.27. The number of hydrogen-bond donors (Lipinski definition) is 1. The van der Waals surface area contributed by atoms with Crippen LogP contribution in [-0.2, 0) is 19.8 Å². The molecule has 5 rings (SSSR count). The summed E-state index contributed by atoms with van der Waals surface area (Å²) in [6.45, 7) is 13.9. The predicted octanol–water partition coefficient (Wildman–Crippen LogP) is 5.44. The van der Waals surface area contributed by atoms with Gasteiger partial charge in [0.25, 0.3) is 16.0 Å². The summed E-state index contributed by atoms with van der Waals surface area (Å²) in [5, 5.41) is 10.1. The number of benzene rings is 1. The minimum absolute atomic E-state index is 0.0496. The second kappa shape index (κ2) is 12.9. The van der Waals surface area contributed by atoms with Crippen LogP contribution in [0.15, 0.2) is 53.9 Å². The van der Waals surface area contributed by atoms with Crippen molar-refractivity contribution in [2.45, 2.75) is 47.0 Å². The summed E-state index contributed by atoms with van der Waals surface area (Å²) in [6.07, 6.45) is 0.876. The van der Waals surface area contributed by atoms with Crippen molar-refractivity contribution in [1.29, 1.82) is 0 Å². The van der Waals surface area contributed by atoms with Gasteiger partial charge < -0.3 is 15.1 Å². The molecule has 1 aromatic carbocycles. The predicted molar refractivity (Wildman–Crippen MR) is 181 cm³/mol. The summed E-state index contributed by atoms with van der Waals surface area (Å²) in [4.78, 5) is 36.1. The Balaban J connectivity index is 1.37. The maximum Gasteiger partial charge on any atom is 0.353 e. The van der Waals surface area contributed by atoms with Crippen molar-refractivity contribution < 1.29 is 22.3 Å². The van der Waals surface area contributed by atoms with Crippen LogP contribution in [0.2, 0.25) is 0 Å². The fraction of sp³-hybridized carbons (Fsp3) is 0.375. The van der Waals surface area contributed by atoms with Crippen molar-refractivity contribution in [3.63, 3.8) is 0 Å². The van der Waals surface area contributed by atoms with Gasteiger partial charge >= 0.3 is 6.03 Å². The van der Waals surface area contributed by atoms with Crippen molar-refractivity contribution in [3.05, 3.63) is 81.3 Å². The maximum absolute atomic E-state index is 13.8. The molecule has 14 heteroatoms. The van der Waals surface area contributed by atoms with Gasteiger partial charge in [-0.2, -0.15) is 13.5 Å². The number of nitrogens with zero attached hydrogens (tertiary/aromatic N) is 6. The van der Waals surface area contributed by atoms with Crippen LogP contribution in [0, 0.1) is 20.8 Å². The van der Waals surface area contributed by atoms with E-state index in [-0.39, 0.29) is 11.7 Å². The molecule has 1 fully saturated rings. The Kier molecular flexibility index (Phi) is 9.25. The molecule has 1 saturated heterocycles. The summed E-state index contributed by atoms with van der Waals surface area (Å²) >= 11 is 1.46. The molecule has 1 aliphatic heterocycles. The molecule has 0 bridgehead atoms. The first-order chi connectivity index (χ1) is 21.6. The van der Waals surface area contributed by atoms with Crippen LogP contribution < -0.4 is 15.3 Å². The van der Waals surface area contributed by atoms with E-state index in [9.17, 15) is 18.0 Å². The lowest BCUT2D eigenvalue weighted by atomic mass is 9.92. The van der Waals surface area contributed by atoms with Gasteiger partial charge in [-0.15, -0.1) is 20.7 Å². The lowest BCUT2D eigenvalue weighted by Crippen LogP contribution is -2.49. The van der Waals surface area contributed by atoms with Crippen molar-refractivity contribution in [1.82, 2.24) is 19.7 Å². The smallest absolute Gasteiger partial charge is 0.353 e. The van der Waals surface area contributed by atoms with Gasteiger partial charge in [-0.3, -0.25) is 4.79 Å². The molecule has 1 N–H and O–H groups in total. The van der Waals surface area contributed by atoms with E-state index in [2.05, 4.69) is 10.2 Å². The van der Waals surface area contributed by atoms with E-state index in [1.807, 2.05) is 75.2 Å². The normalized spacial score (nSPS) is 14.0. The number of hydrogen-bond acceptors (Lipinski definition) is 9. The monoisotopic (exact) mass is 665 g/mol. The number of hydroxylamine groups is 1. The van der Waals surface area contributed by atoms with Gasteiger partial charge in [-0.25, -0.2) is 14.5 Å². The first-order valence-corrected chi connectivity index (χ1v) is 17.5. The highest BCUT2D eigenvalue weighted by Gasteiger charge is 2.31. The number of anilines is 3. The summed E-state index contributed by atoms with van der Waals surface area (Å²) in [5.74, 6) is 0.879. The van der Waals surface area contributed by atoms with Crippen molar-refractivity contribution in [2.24, 2.45) is 0 Å². The van der Waals surface area contributed by atoms with Gasteiger partial charge in [0.1, 0.15) is 5.82 Å². The highest BCUT2D eigenvalue weighted by Crippen LogP contribution is 2.30. The zero-order valence-corrected chi connectivity index (χ0v) is 28.7. The number of thiophene rings is 1. The molecular formula is C32H39N7O5S2. The van der Waals surface area contributed by atoms with Crippen molar-refractivity contribution in [2.75, 3.05) is 47.7 Å². The molecule has 3 amide bonds. The molecule has 46 heavy (non-hydrogen) atoms. The van der Waals surface area contributed by atoms with Crippen LogP contribution in [0.3, 0.4) is 0 Å². The van der Waals surface area contributed by atoms with Crippen molar-refractivity contribution in [3.8, 4) is 5.69 Å². The molecule has 1 aliphatic rings. The van der Waals surface area contributed by atoms with Crippen LogP contribution in [0.1, 0.15) is 53.0 Å². The number of nitrogens with one attached hydrogen (secondary N) is 1. The fourth-order valence-electron chi connectivity index (χ4n) is 4.97. The van der Waals surface area contributed by atoms with E-state index in [1.165, 1.54) is 16.0 Å². The molecule has 0 aliphatic carbocycles. The molecule has 4 aromatic rings.